The van der Waals surface area contributed by atoms with E-state index < -0.39 is 5.41 Å². The van der Waals surface area contributed by atoms with E-state index in [1.807, 2.05) is 23.5 Å². The molecule has 1 atom stereocenters. The number of rotatable bonds is 2. The van der Waals surface area contributed by atoms with Crippen LogP contribution in [-0.4, -0.2) is 0 Å². The Morgan fingerprint density at radius 3 is 1.57 bits per heavy atom. The molecule has 53 heavy (non-hydrogen) atoms. The summed E-state index contributed by atoms with van der Waals surface area (Å²) in [6.07, 6.45) is 0. The molecule has 248 valence electrons. The first kappa shape index (κ1) is 29.8. The van der Waals surface area contributed by atoms with Crippen LogP contribution in [0, 0.1) is 0 Å². The van der Waals surface area contributed by atoms with Gasteiger partial charge in [-0.3, -0.25) is 0 Å². The van der Waals surface area contributed by atoms with E-state index in [4.69, 9.17) is 0 Å². The van der Waals surface area contributed by atoms with Crippen LogP contribution in [0.15, 0.2) is 202 Å². The zero-order valence-corrected chi connectivity index (χ0v) is 30.3. The summed E-state index contributed by atoms with van der Waals surface area (Å²) in [6, 6.07) is 68.5. The Labute approximate surface area is 318 Å². The molecule has 0 radical (unpaired) electrons. The standard InChI is InChI=1S/C50H31NS2/c1-5-18-37-32(14-1)33-29-28-31(48-35-16-3-9-24-44(35)52-45-25-10-4-17-36(45)48)30-40(33)50(37)38-19-6-2-15-34(38)49-39(50)20-13-23-43(49)51-41-21-7-11-26-46(41)53-47-27-12-8-22-42(47)51/h1-30,48H. The molecule has 4 aliphatic rings. The fourth-order valence-electron chi connectivity index (χ4n) is 9.79. The van der Waals surface area contributed by atoms with Crippen molar-refractivity contribution in [2.75, 3.05) is 4.90 Å². The summed E-state index contributed by atoms with van der Waals surface area (Å²) in [7, 11) is 0. The van der Waals surface area contributed by atoms with Crippen LogP contribution >= 0.6 is 23.5 Å². The van der Waals surface area contributed by atoms with E-state index in [1.165, 1.54) is 97.8 Å². The van der Waals surface area contributed by atoms with E-state index in [2.05, 4.69) is 187 Å². The molecule has 0 aromatic heterocycles. The van der Waals surface area contributed by atoms with Gasteiger partial charge in [0.25, 0.3) is 0 Å². The maximum Gasteiger partial charge on any atom is 0.0726 e. The van der Waals surface area contributed by atoms with Gasteiger partial charge in [-0.2, -0.15) is 0 Å². The molecule has 8 aromatic rings. The molecule has 1 unspecified atom stereocenters. The van der Waals surface area contributed by atoms with Crippen LogP contribution in [0.1, 0.15) is 44.9 Å². The van der Waals surface area contributed by atoms with Crippen molar-refractivity contribution in [2.45, 2.75) is 30.9 Å². The van der Waals surface area contributed by atoms with Gasteiger partial charge in [-0.05, 0) is 98.1 Å². The highest BCUT2D eigenvalue weighted by Gasteiger charge is 2.53. The van der Waals surface area contributed by atoms with Crippen LogP contribution < -0.4 is 4.90 Å². The summed E-state index contributed by atoms with van der Waals surface area (Å²) in [5.74, 6) is 0.149. The van der Waals surface area contributed by atoms with Gasteiger partial charge >= 0.3 is 0 Å². The predicted molar refractivity (Wildman–Crippen MR) is 219 cm³/mol. The van der Waals surface area contributed by atoms with Gasteiger partial charge in [0.1, 0.15) is 0 Å². The number of fused-ring (bicyclic) bond motifs is 14. The van der Waals surface area contributed by atoms with Gasteiger partial charge in [0.2, 0.25) is 0 Å². The first-order valence-electron chi connectivity index (χ1n) is 18.3. The summed E-state index contributed by atoms with van der Waals surface area (Å²) in [5, 5.41) is 0. The zero-order chi connectivity index (χ0) is 34.7. The second-order valence-corrected chi connectivity index (χ2v) is 16.5. The Balaban J connectivity index is 1.16. The first-order chi connectivity index (χ1) is 26.3. The fraction of sp³-hybridized carbons (Fsp3) is 0.0400. The Hall–Kier alpha value is -5.74. The van der Waals surface area contributed by atoms with Crippen molar-refractivity contribution in [1.29, 1.82) is 0 Å². The van der Waals surface area contributed by atoms with E-state index in [1.54, 1.807) is 0 Å². The highest BCUT2D eigenvalue weighted by molar-refractivity contribution is 8.00. The lowest BCUT2D eigenvalue weighted by atomic mass is 9.69. The molecule has 0 amide bonds. The molecular formula is C50H31NS2. The van der Waals surface area contributed by atoms with E-state index in [0.717, 1.165) is 0 Å². The SMILES string of the molecule is c1ccc2c(c1)Sc1ccccc1C2c1ccc2c(c1)C1(c3ccccc3-2)c2ccccc2-c2c(N3c4ccccc4Sc4ccccc43)cccc21. The minimum Gasteiger partial charge on any atom is -0.308 e. The number of para-hydroxylation sites is 2. The van der Waals surface area contributed by atoms with Gasteiger partial charge in [0.05, 0.1) is 22.5 Å². The lowest BCUT2D eigenvalue weighted by Gasteiger charge is -2.35. The Kier molecular flexibility index (Phi) is 6.26. The average Bonchev–Trinajstić information content (AvgIpc) is 3.69. The number of anilines is 3. The summed E-state index contributed by atoms with van der Waals surface area (Å²) < 4.78 is 0. The van der Waals surface area contributed by atoms with Crippen molar-refractivity contribution in [2.24, 2.45) is 0 Å². The molecule has 3 heteroatoms. The molecule has 12 rings (SSSR count). The van der Waals surface area contributed by atoms with Crippen LogP contribution in [0.5, 0.6) is 0 Å². The van der Waals surface area contributed by atoms with Crippen LogP contribution in [0.25, 0.3) is 22.3 Å². The quantitative estimate of drug-likeness (QED) is 0.176. The minimum atomic E-state index is -0.462. The largest absolute Gasteiger partial charge is 0.308 e. The average molecular weight is 710 g/mol. The summed E-state index contributed by atoms with van der Waals surface area (Å²) in [6.45, 7) is 0. The number of nitrogens with zero attached hydrogens (tertiary/aromatic N) is 1. The Bertz CT molecular complexity index is 2740. The monoisotopic (exact) mass is 709 g/mol. The second kappa shape index (κ2) is 11.1. The van der Waals surface area contributed by atoms with Crippen LogP contribution in [-0.2, 0) is 5.41 Å². The lowest BCUT2D eigenvalue weighted by molar-refractivity contribution is 0.788. The number of benzene rings is 8. The van der Waals surface area contributed by atoms with Gasteiger partial charge in [0.15, 0.2) is 0 Å². The van der Waals surface area contributed by atoms with Crippen molar-refractivity contribution >= 4 is 40.6 Å². The third-order valence-corrected chi connectivity index (χ3v) is 14.1. The topological polar surface area (TPSA) is 3.24 Å². The maximum absolute atomic E-state index is 2.57. The van der Waals surface area contributed by atoms with Crippen LogP contribution in [0.2, 0.25) is 0 Å². The molecular weight excluding hydrogens is 679 g/mol. The summed E-state index contributed by atoms with van der Waals surface area (Å²) in [4.78, 5) is 7.75. The third kappa shape index (κ3) is 3.96. The molecule has 0 saturated carbocycles. The molecule has 0 fully saturated rings. The van der Waals surface area contributed by atoms with E-state index >= 15 is 0 Å². The molecule has 0 saturated heterocycles. The van der Waals surface area contributed by atoms with Gasteiger partial charge < -0.3 is 4.90 Å². The van der Waals surface area contributed by atoms with E-state index in [9.17, 15) is 0 Å². The van der Waals surface area contributed by atoms with Crippen molar-refractivity contribution in [3.63, 3.8) is 0 Å². The molecule has 0 bridgehead atoms. The van der Waals surface area contributed by atoms with Gasteiger partial charge in [-0.1, -0.05) is 163 Å². The van der Waals surface area contributed by atoms with E-state index in [-0.39, 0.29) is 5.92 Å². The third-order valence-electron chi connectivity index (χ3n) is 11.8. The van der Waals surface area contributed by atoms with Crippen LogP contribution in [0.4, 0.5) is 17.1 Å². The molecule has 8 aromatic carbocycles. The Morgan fingerprint density at radius 2 is 0.868 bits per heavy atom. The normalized spacial score (nSPS) is 16.9. The highest BCUT2D eigenvalue weighted by Crippen LogP contribution is 2.66. The van der Waals surface area contributed by atoms with Crippen molar-refractivity contribution in [3.8, 4) is 22.3 Å². The maximum atomic E-state index is 2.57. The fourth-order valence-corrected chi connectivity index (χ4v) is 12.0. The molecule has 2 heterocycles. The summed E-state index contributed by atoms with van der Waals surface area (Å²) >= 11 is 3.76. The Morgan fingerprint density at radius 1 is 0.377 bits per heavy atom. The number of hydrogen-bond donors (Lipinski definition) is 0. The smallest absolute Gasteiger partial charge is 0.0726 e. The highest BCUT2D eigenvalue weighted by atomic mass is 32.2. The zero-order valence-electron chi connectivity index (χ0n) is 28.7. The van der Waals surface area contributed by atoms with Crippen molar-refractivity contribution < 1.29 is 0 Å². The van der Waals surface area contributed by atoms with Crippen LogP contribution in [0.3, 0.4) is 0 Å². The summed E-state index contributed by atoms with van der Waals surface area (Å²) in [5.41, 5.74) is 18.1. The molecule has 1 spiro atoms. The van der Waals surface area contributed by atoms with Crippen molar-refractivity contribution in [3.05, 3.63) is 221 Å². The second-order valence-electron chi connectivity index (χ2n) is 14.3. The minimum absolute atomic E-state index is 0.149. The van der Waals surface area contributed by atoms with E-state index in [0.29, 0.717) is 0 Å². The predicted octanol–water partition coefficient (Wildman–Crippen LogP) is 13.6. The van der Waals surface area contributed by atoms with Gasteiger partial charge in [0, 0.05) is 31.1 Å². The molecule has 2 aliphatic heterocycles. The van der Waals surface area contributed by atoms with Gasteiger partial charge in [-0.15, -0.1) is 0 Å². The van der Waals surface area contributed by atoms with Crippen molar-refractivity contribution in [1.82, 2.24) is 0 Å². The lowest BCUT2D eigenvalue weighted by Crippen LogP contribution is -2.26. The molecule has 2 aliphatic carbocycles. The number of hydrogen-bond acceptors (Lipinski definition) is 3. The first-order valence-corrected chi connectivity index (χ1v) is 19.9. The molecule has 1 nitrogen and oxygen atoms in total. The molecule has 0 N–H and O–H groups in total. The van der Waals surface area contributed by atoms with Gasteiger partial charge in [-0.25, -0.2) is 0 Å².